The molecule has 0 aliphatic rings. The van der Waals surface area contributed by atoms with Gasteiger partial charge in [0.2, 0.25) is 0 Å². The molecule has 20 heavy (non-hydrogen) atoms. The number of hydrogen-bond acceptors (Lipinski definition) is 1. The lowest BCUT2D eigenvalue weighted by Crippen LogP contribution is -2.33. The van der Waals surface area contributed by atoms with Gasteiger partial charge in [0.1, 0.15) is 0 Å². The van der Waals surface area contributed by atoms with Crippen molar-refractivity contribution in [3.05, 3.63) is 71.3 Å². The second kappa shape index (κ2) is 7.86. The average Bonchev–Trinajstić information content (AvgIpc) is 2.48. The SMILES string of the molecule is CCCNC(Cc1ccccc1)Cc1ccc(C)cc1. The number of benzene rings is 2. The van der Waals surface area contributed by atoms with Crippen molar-refractivity contribution in [2.24, 2.45) is 0 Å². The van der Waals surface area contributed by atoms with Crippen LogP contribution in [0.25, 0.3) is 0 Å². The summed E-state index contributed by atoms with van der Waals surface area (Å²) in [5.74, 6) is 0. The molecule has 1 heteroatoms. The van der Waals surface area contributed by atoms with Crippen molar-refractivity contribution in [3.8, 4) is 0 Å². The summed E-state index contributed by atoms with van der Waals surface area (Å²) in [5, 5.41) is 3.68. The summed E-state index contributed by atoms with van der Waals surface area (Å²) < 4.78 is 0. The molecular weight excluding hydrogens is 242 g/mol. The van der Waals surface area contributed by atoms with Crippen molar-refractivity contribution in [2.75, 3.05) is 6.54 Å². The Hall–Kier alpha value is -1.60. The molecule has 0 amide bonds. The van der Waals surface area contributed by atoms with E-state index in [-0.39, 0.29) is 0 Å². The Bertz CT molecular complexity index is 487. The molecule has 1 unspecified atom stereocenters. The van der Waals surface area contributed by atoms with E-state index in [9.17, 15) is 0 Å². The van der Waals surface area contributed by atoms with Crippen LogP contribution in [0.15, 0.2) is 54.6 Å². The lowest BCUT2D eigenvalue weighted by Gasteiger charge is -2.19. The van der Waals surface area contributed by atoms with Gasteiger partial charge in [-0.05, 0) is 43.9 Å². The maximum absolute atomic E-state index is 3.68. The smallest absolute Gasteiger partial charge is 0.0148 e. The fourth-order valence-corrected chi connectivity index (χ4v) is 2.47. The van der Waals surface area contributed by atoms with E-state index < -0.39 is 0 Å². The molecular formula is C19H25N. The molecule has 0 aliphatic carbocycles. The van der Waals surface area contributed by atoms with E-state index in [2.05, 4.69) is 73.8 Å². The van der Waals surface area contributed by atoms with E-state index in [1.807, 2.05) is 0 Å². The molecule has 0 fully saturated rings. The standard InChI is InChI=1S/C19H25N/c1-3-13-20-19(14-17-7-5-4-6-8-17)15-18-11-9-16(2)10-12-18/h4-12,19-20H,3,13-15H2,1-2H3. The highest BCUT2D eigenvalue weighted by atomic mass is 14.9. The molecule has 0 heterocycles. The summed E-state index contributed by atoms with van der Waals surface area (Å²) in [6.07, 6.45) is 3.36. The van der Waals surface area contributed by atoms with Gasteiger partial charge in [-0.2, -0.15) is 0 Å². The molecule has 1 atom stereocenters. The van der Waals surface area contributed by atoms with E-state index in [1.165, 1.54) is 23.1 Å². The molecule has 2 aromatic rings. The summed E-state index contributed by atoms with van der Waals surface area (Å²) in [6.45, 7) is 5.45. The third kappa shape index (κ3) is 4.82. The lowest BCUT2D eigenvalue weighted by molar-refractivity contribution is 0.505. The van der Waals surface area contributed by atoms with E-state index in [0.717, 1.165) is 19.4 Å². The maximum Gasteiger partial charge on any atom is 0.0148 e. The van der Waals surface area contributed by atoms with Gasteiger partial charge < -0.3 is 5.32 Å². The van der Waals surface area contributed by atoms with Gasteiger partial charge in [-0.15, -0.1) is 0 Å². The van der Waals surface area contributed by atoms with Crippen LogP contribution < -0.4 is 5.32 Å². The Morgan fingerprint density at radius 3 is 2.05 bits per heavy atom. The quantitative estimate of drug-likeness (QED) is 0.794. The minimum atomic E-state index is 0.514. The first-order chi connectivity index (χ1) is 9.78. The molecule has 1 N–H and O–H groups in total. The zero-order valence-electron chi connectivity index (χ0n) is 12.6. The fourth-order valence-electron chi connectivity index (χ4n) is 2.47. The third-order valence-corrected chi connectivity index (χ3v) is 3.61. The van der Waals surface area contributed by atoms with Crippen molar-refractivity contribution in [1.82, 2.24) is 5.32 Å². The first-order valence-electron chi connectivity index (χ1n) is 7.60. The molecule has 106 valence electrons. The molecule has 1 nitrogen and oxygen atoms in total. The van der Waals surface area contributed by atoms with Crippen molar-refractivity contribution in [1.29, 1.82) is 0 Å². The second-order valence-electron chi connectivity index (χ2n) is 5.53. The molecule has 2 rings (SSSR count). The minimum Gasteiger partial charge on any atom is -0.313 e. The van der Waals surface area contributed by atoms with Crippen LogP contribution in [-0.4, -0.2) is 12.6 Å². The highest BCUT2D eigenvalue weighted by molar-refractivity contribution is 5.23. The van der Waals surface area contributed by atoms with Crippen LogP contribution in [0.5, 0.6) is 0 Å². The first kappa shape index (κ1) is 14.8. The molecule has 0 spiro atoms. The number of aryl methyl sites for hydroxylation is 1. The van der Waals surface area contributed by atoms with Crippen LogP contribution in [0.4, 0.5) is 0 Å². The van der Waals surface area contributed by atoms with Gasteiger partial charge >= 0.3 is 0 Å². The predicted octanol–water partition coefficient (Wildman–Crippen LogP) is 4.15. The molecule has 0 aliphatic heterocycles. The van der Waals surface area contributed by atoms with Gasteiger partial charge in [0, 0.05) is 6.04 Å². The van der Waals surface area contributed by atoms with E-state index in [4.69, 9.17) is 0 Å². The van der Waals surface area contributed by atoms with Crippen LogP contribution in [0.2, 0.25) is 0 Å². The molecule has 0 bridgehead atoms. The van der Waals surface area contributed by atoms with Gasteiger partial charge in [-0.1, -0.05) is 67.1 Å². The summed E-state index contributed by atoms with van der Waals surface area (Å²) in [6, 6.07) is 20.2. The molecule has 0 saturated carbocycles. The predicted molar refractivity (Wildman–Crippen MR) is 87.1 cm³/mol. The Balaban J connectivity index is 2.01. The Morgan fingerprint density at radius 1 is 0.850 bits per heavy atom. The maximum atomic E-state index is 3.68. The van der Waals surface area contributed by atoms with Crippen LogP contribution in [0.3, 0.4) is 0 Å². The van der Waals surface area contributed by atoms with E-state index >= 15 is 0 Å². The fraction of sp³-hybridized carbons (Fsp3) is 0.368. The van der Waals surface area contributed by atoms with Crippen LogP contribution in [0, 0.1) is 6.92 Å². The van der Waals surface area contributed by atoms with Crippen molar-refractivity contribution < 1.29 is 0 Å². The van der Waals surface area contributed by atoms with Gasteiger partial charge in [0.15, 0.2) is 0 Å². The van der Waals surface area contributed by atoms with Crippen molar-refractivity contribution in [2.45, 2.75) is 39.2 Å². The summed E-state index contributed by atoms with van der Waals surface area (Å²) >= 11 is 0. The van der Waals surface area contributed by atoms with Gasteiger partial charge in [0.25, 0.3) is 0 Å². The lowest BCUT2D eigenvalue weighted by atomic mass is 9.98. The normalized spacial score (nSPS) is 12.3. The number of nitrogens with one attached hydrogen (secondary N) is 1. The van der Waals surface area contributed by atoms with Gasteiger partial charge in [-0.25, -0.2) is 0 Å². The van der Waals surface area contributed by atoms with Crippen LogP contribution in [0.1, 0.15) is 30.0 Å². The zero-order valence-corrected chi connectivity index (χ0v) is 12.6. The summed E-state index contributed by atoms with van der Waals surface area (Å²) in [5.41, 5.74) is 4.16. The molecule has 0 aromatic heterocycles. The Kier molecular flexibility index (Phi) is 5.82. The van der Waals surface area contributed by atoms with E-state index in [1.54, 1.807) is 0 Å². The highest BCUT2D eigenvalue weighted by Crippen LogP contribution is 2.10. The monoisotopic (exact) mass is 267 g/mol. The van der Waals surface area contributed by atoms with Crippen molar-refractivity contribution in [3.63, 3.8) is 0 Å². The zero-order chi connectivity index (χ0) is 14.2. The van der Waals surface area contributed by atoms with Crippen LogP contribution >= 0.6 is 0 Å². The second-order valence-corrected chi connectivity index (χ2v) is 5.53. The van der Waals surface area contributed by atoms with Crippen LogP contribution in [-0.2, 0) is 12.8 Å². The molecule has 2 aromatic carbocycles. The Morgan fingerprint density at radius 2 is 1.45 bits per heavy atom. The largest absolute Gasteiger partial charge is 0.313 e. The van der Waals surface area contributed by atoms with Gasteiger partial charge in [-0.3, -0.25) is 0 Å². The Labute approximate surface area is 123 Å². The van der Waals surface area contributed by atoms with Gasteiger partial charge in [0.05, 0.1) is 0 Å². The number of hydrogen-bond donors (Lipinski definition) is 1. The first-order valence-corrected chi connectivity index (χ1v) is 7.60. The highest BCUT2D eigenvalue weighted by Gasteiger charge is 2.09. The minimum absolute atomic E-state index is 0.514. The number of rotatable bonds is 7. The average molecular weight is 267 g/mol. The van der Waals surface area contributed by atoms with Crippen molar-refractivity contribution >= 4 is 0 Å². The molecule has 0 saturated heterocycles. The summed E-state index contributed by atoms with van der Waals surface area (Å²) in [4.78, 5) is 0. The van der Waals surface area contributed by atoms with E-state index in [0.29, 0.717) is 6.04 Å². The topological polar surface area (TPSA) is 12.0 Å². The molecule has 0 radical (unpaired) electrons. The third-order valence-electron chi connectivity index (χ3n) is 3.61. The summed E-state index contributed by atoms with van der Waals surface area (Å²) in [7, 11) is 0.